The van der Waals surface area contributed by atoms with Crippen LogP contribution in [0.3, 0.4) is 0 Å². The monoisotopic (exact) mass is 322 g/mol. The Bertz CT molecular complexity index is 891. The van der Waals surface area contributed by atoms with Crippen LogP contribution in [-0.4, -0.2) is 9.55 Å². The third-order valence-electron chi connectivity index (χ3n) is 4.08. The van der Waals surface area contributed by atoms with Gasteiger partial charge in [0.05, 0.1) is 11.6 Å². The van der Waals surface area contributed by atoms with Crippen LogP contribution in [0.15, 0.2) is 23.6 Å². The number of thiophene rings is 1. The molecule has 0 spiro atoms. The van der Waals surface area contributed by atoms with Crippen LogP contribution in [-0.2, 0) is 6.42 Å². The molecule has 0 amide bonds. The number of rotatable bonds is 1. The van der Waals surface area contributed by atoms with Gasteiger partial charge in [-0.05, 0) is 54.6 Å². The number of benzene rings is 1. The maximum absolute atomic E-state index is 13.9. The second-order valence-corrected chi connectivity index (χ2v) is 6.68. The van der Waals surface area contributed by atoms with Crippen LogP contribution in [0.1, 0.15) is 29.3 Å². The minimum absolute atomic E-state index is 0.0578. The molecule has 1 aliphatic carbocycles. The van der Waals surface area contributed by atoms with Gasteiger partial charge < -0.3 is 9.55 Å². The van der Waals surface area contributed by atoms with E-state index < -0.39 is 11.6 Å². The zero-order chi connectivity index (χ0) is 14.6. The summed E-state index contributed by atoms with van der Waals surface area (Å²) in [6, 6.07) is 4.39. The Hall–Kier alpha value is -1.53. The van der Waals surface area contributed by atoms with E-state index >= 15 is 0 Å². The molecule has 0 aliphatic heterocycles. The van der Waals surface area contributed by atoms with Crippen LogP contribution in [0.25, 0.3) is 11.0 Å². The number of aromatic nitrogens is 2. The van der Waals surface area contributed by atoms with Crippen LogP contribution in [0.5, 0.6) is 0 Å². The molecule has 4 rings (SSSR count). The summed E-state index contributed by atoms with van der Waals surface area (Å²) in [5.41, 5.74) is 2.01. The highest BCUT2D eigenvalue weighted by Gasteiger charge is 2.25. The summed E-state index contributed by atoms with van der Waals surface area (Å²) in [7, 11) is 0. The predicted molar refractivity (Wildman–Crippen MR) is 82.4 cm³/mol. The van der Waals surface area contributed by atoms with Gasteiger partial charge in [-0.3, -0.25) is 0 Å². The number of imidazole rings is 1. The zero-order valence-corrected chi connectivity index (χ0v) is 12.7. The molecular formula is C15H12F2N2S2. The Kier molecular flexibility index (Phi) is 2.97. The minimum Gasteiger partial charge on any atom is -0.328 e. The van der Waals surface area contributed by atoms with Crippen LogP contribution < -0.4 is 0 Å². The number of fused-ring (bicyclic) bond motifs is 2. The van der Waals surface area contributed by atoms with E-state index in [1.807, 2.05) is 4.57 Å². The van der Waals surface area contributed by atoms with Gasteiger partial charge in [0.2, 0.25) is 0 Å². The molecule has 108 valence electrons. The van der Waals surface area contributed by atoms with Gasteiger partial charge in [0.25, 0.3) is 0 Å². The molecule has 21 heavy (non-hydrogen) atoms. The van der Waals surface area contributed by atoms with E-state index in [0.29, 0.717) is 10.3 Å². The number of halogens is 2. The van der Waals surface area contributed by atoms with Crippen LogP contribution >= 0.6 is 23.6 Å². The van der Waals surface area contributed by atoms with E-state index in [4.69, 9.17) is 12.2 Å². The SMILES string of the molecule is Fc1cc(F)c2[nH]c(=S)n(C3CCCc4sccc43)c2c1. The lowest BCUT2D eigenvalue weighted by Crippen LogP contribution is -2.15. The Balaban J connectivity index is 2.00. The van der Waals surface area contributed by atoms with Gasteiger partial charge in [0.1, 0.15) is 11.3 Å². The van der Waals surface area contributed by atoms with Crippen LogP contribution in [0.2, 0.25) is 0 Å². The molecule has 2 heterocycles. The summed E-state index contributed by atoms with van der Waals surface area (Å²) >= 11 is 7.10. The van der Waals surface area contributed by atoms with Crippen LogP contribution in [0, 0.1) is 16.4 Å². The summed E-state index contributed by atoms with van der Waals surface area (Å²) in [4.78, 5) is 4.23. The molecule has 2 aromatic heterocycles. The molecule has 3 aromatic rings. The average Bonchev–Trinajstić information content (AvgIpc) is 3.02. The fraction of sp³-hybridized carbons (Fsp3) is 0.267. The lowest BCUT2D eigenvalue weighted by atomic mass is 9.94. The van der Waals surface area contributed by atoms with E-state index in [1.165, 1.54) is 16.5 Å². The number of nitrogens with one attached hydrogen (secondary N) is 1. The van der Waals surface area contributed by atoms with Crippen molar-refractivity contribution >= 4 is 34.6 Å². The van der Waals surface area contributed by atoms with Gasteiger partial charge in [-0.2, -0.15) is 0 Å². The molecule has 1 atom stereocenters. The normalized spacial score (nSPS) is 18.1. The molecule has 1 aromatic carbocycles. The molecule has 0 fully saturated rings. The van der Waals surface area contributed by atoms with Crippen LogP contribution in [0.4, 0.5) is 8.78 Å². The second-order valence-electron chi connectivity index (χ2n) is 5.29. The predicted octanol–water partition coefficient (Wildman–Crippen LogP) is 4.96. The Labute approximate surface area is 129 Å². The fourth-order valence-electron chi connectivity index (χ4n) is 3.19. The average molecular weight is 322 g/mol. The number of aryl methyl sites for hydroxylation is 1. The molecule has 0 bridgehead atoms. The first-order valence-corrected chi connectivity index (χ1v) is 8.09. The maximum atomic E-state index is 13.9. The lowest BCUT2D eigenvalue weighted by Gasteiger charge is -2.24. The highest BCUT2D eigenvalue weighted by molar-refractivity contribution is 7.71. The minimum atomic E-state index is -0.601. The molecular weight excluding hydrogens is 310 g/mol. The molecule has 6 heteroatoms. The van der Waals surface area contributed by atoms with E-state index in [0.717, 1.165) is 25.3 Å². The summed E-state index contributed by atoms with van der Waals surface area (Å²) in [5.74, 6) is -1.18. The van der Waals surface area contributed by atoms with E-state index in [-0.39, 0.29) is 11.6 Å². The molecule has 2 nitrogen and oxygen atoms in total. The summed E-state index contributed by atoms with van der Waals surface area (Å²) in [6.45, 7) is 0. The van der Waals surface area contributed by atoms with Gasteiger partial charge >= 0.3 is 0 Å². The molecule has 0 saturated heterocycles. The van der Waals surface area contributed by atoms with Gasteiger partial charge in [0.15, 0.2) is 10.6 Å². The second kappa shape index (κ2) is 4.74. The maximum Gasteiger partial charge on any atom is 0.178 e. The standard InChI is InChI=1S/C15H12F2N2S2/c16-8-6-10(17)14-12(7-8)19(15(20)18-14)11-2-1-3-13-9(11)4-5-21-13/h4-7,11H,1-3H2,(H,18,20). The van der Waals surface area contributed by atoms with Gasteiger partial charge in [0, 0.05) is 10.9 Å². The first-order valence-electron chi connectivity index (χ1n) is 6.80. The largest absolute Gasteiger partial charge is 0.328 e. The van der Waals surface area contributed by atoms with Crippen molar-refractivity contribution < 1.29 is 8.78 Å². The molecule has 1 N–H and O–H groups in total. The summed E-state index contributed by atoms with van der Waals surface area (Å²) < 4.78 is 29.8. The van der Waals surface area contributed by atoms with Crippen molar-refractivity contribution in [3.63, 3.8) is 0 Å². The van der Waals surface area contributed by atoms with Crippen molar-refractivity contribution in [2.24, 2.45) is 0 Å². The van der Waals surface area contributed by atoms with Crippen molar-refractivity contribution in [1.29, 1.82) is 0 Å². The van der Waals surface area contributed by atoms with E-state index in [2.05, 4.69) is 16.4 Å². The van der Waals surface area contributed by atoms with Crippen molar-refractivity contribution in [3.8, 4) is 0 Å². The van der Waals surface area contributed by atoms with E-state index in [1.54, 1.807) is 11.3 Å². The van der Waals surface area contributed by atoms with Gasteiger partial charge in [-0.1, -0.05) is 0 Å². The molecule has 0 radical (unpaired) electrons. The fourth-order valence-corrected chi connectivity index (χ4v) is 4.50. The summed E-state index contributed by atoms with van der Waals surface area (Å²) in [5, 5.41) is 2.07. The zero-order valence-electron chi connectivity index (χ0n) is 11.0. The molecule has 0 saturated carbocycles. The van der Waals surface area contributed by atoms with Crippen molar-refractivity contribution in [2.75, 3.05) is 0 Å². The van der Waals surface area contributed by atoms with E-state index in [9.17, 15) is 8.78 Å². The number of H-pyrrole nitrogens is 1. The number of aromatic amines is 1. The first kappa shape index (κ1) is 13.2. The van der Waals surface area contributed by atoms with Crippen molar-refractivity contribution in [2.45, 2.75) is 25.3 Å². The number of hydrogen-bond acceptors (Lipinski definition) is 2. The molecule has 1 unspecified atom stereocenters. The Morgan fingerprint density at radius 1 is 1.33 bits per heavy atom. The topological polar surface area (TPSA) is 20.7 Å². The van der Waals surface area contributed by atoms with Gasteiger partial charge in [-0.25, -0.2) is 8.78 Å². The van der Waals surface area contributed by atoms with Crippen molar-refractivity contribution in [3.05, 3.63) is 50.4 Å². The highest BCUT2D eigenvalue weighted by Crippen LogP contribution is 2.38. The number of hydrogen-bond donors (Lipinski definition) is 1. The Morgan fingerprint density at radius 2 is 2.19 bits per heavy atom. The van der Waals surface area contributed by atoms with Crippen molar-refractivity contribution in [1.82, 2.24) is 9.55 Å². The quantitative estimate of drug-likeness (QED) is 0.628. The number of nitrogens with zero attached hydrogens (tertiary/aromatic N) is 1. The Morgan fingerprint density at radius 3 is 3.05 bits per heavy atom. The third kappa shape index (κ3) is 1.97. The highest BCUT2D eigenvalue weighted by atomic mass is 32.1. The smallest absolute Gasteiger partial charge is 0.178 e. The van der Waals surface area contributed by atoms with Gasteiger partial charge in [-0.15, -0.1) is 11.3 Å². The lowest BCUT2D eigenvalue weighted by molar-refractivity contribution is 0.500. The summed E-state index contributed by atoms with van der Waals surface area (Å²) in [6.07, 6.45) is 3.06. The first-order chi connectivity index (χ1) is 10.1. The third-order valence-corrected chi connectivity index (χ3v) is 5.37. The molecule has 1 aliphatic rings.